The molecule has 0 aromatic heterocycles. The number of aliphatic carboxylic acids is 1. The Hall–Kier alpha value is -1.51. The molecule has 0 saturated heterocycles. The predicted molar refractivity (Wildman–Crippen MR) is 64.0 cm³/mol. The third-order valence-electron chi connectivity index (χ3n) is 3.14. The van der Waals surface area contributed by atoms with E-state index in [-0.39, 0.29) is 12.3 Å². The summed E-state index contributed by atoms with van der Waals surface area (Å²) in [5, 5.41) is 12.2. The van der Waals surface area contributed by atoms with Crippen molar-refractivity contribution in [1.29, 1.82) is 0 Å². The fourth-order valence-electron chi connectivity index (χ4n) is 2.34. The van der Waals surface area contributed by atoms with Crippen LogP contribution in [-0.2, 0) is 4.79 Å². The van der Waals surface area contributed by atoms with Crippen molar-refractivity contribution in [2.45, 2.75) is 32.1 Å². The highest BCUT2D eigenvalue weighted by molar-refractivity contribution is 5.72. The van der Waals surface area contributed by atoms with E-state index >= 15 is 0 Å². The molecule has 0 amide bonds. The quantitative estimate of drug-likeness (QED) is 0.821. The SMILES string of the molecule is CC(C)c1cccc2c1NCC2CC(=O)O. The lowest BCUT2D eigenvalue weighted by Gasteiger charge is -2.12. The molecule has 1 unspecified atom stereocenters. The molecule has 3 heteroatoms. The molecule has 1 atom stereocenters. The third kappa shape index (κ3) is 1.90. The first kappa shape index (κ1) is 11.0. The molecule has 1 aliphatic heterocycles. The van der Waals surface area contributed by atoms with Crippen LogP contribution in [0.5, 0.6) is 0 Å². The van der Waals surface area contributed by atoms with Crippen molar-refractivity contribution in [2.24, 2.45) is 0 Å². The van der Waals surface area contributed by atoms with E-state index in [1.54, 1.807) is 0 Å². The number of para-hydroxylation sites is 1. The molecule has 86 valence electrons. The summed E-state index contributed by atoms with van der Waals surface area (Å²) < 4.78 is 0. The highest BCUT2D eigenvalue weighted by atomic mass is 16.4. The van der Waals surface area contributed by atoms with Gasteiger partial charge in [0.25, 0.3) is 0 Å². The van der Waals surface area contributed by atoms with E-state index < -0.39 is 5.97 Å². The van der Waals surface area contributed by atoms with Gasteiger partial charge in [0.05, 0.1) is 6.42 Å². The van der Waals surface area contributed by atoms with Crippen LogP contribution in [0.15, 0.2) is 18.2 Å². The van der Waals surface area contributed by atoms with Crippen molar-refractivity contribution in [1.82, 2.24) is 0 Å². The molecular weight excluding hydrogens is 202 g/mol. The molecule has 1 aromatic rings. The summed E-state index contributed by atoms with van der Waals surface area (Å²) in [6, 6.07) is 6.17. The van der Waals surface area contributed by atoms with E-state index in [1.807, 2.05) is 12.1 Å². The number of carboxylic acid groups (broad SMARTS) is 1. The Morgan fingerprint density at radius 1 is 1.56 bits per heavy atom. The van der Waals surface area contributed by atoms with Crippen LogP contribution in [0.3, 0.4) is 0 Å². The number of rotatable bonds is 3. The zero-order valence-electron chi connectivity index (χ0n) is 9.66. The first-order valence-corrected chi connectivity index (χ1v) is 5.68. The lowest BCUT2D eigenvalue weighted by atomic mass is 9.93. The fourth-order valence-corrected chi connectivity index (χ4v) is 2.34. The number of hydrogen-bond acceptors (Lipinski definition) is 2. The Morgan fingerprint density at radius 2 is 2.31 bits per heavy atom. The molecule has 1 aromatic carbocycles. The van der Waals surface area contributed by atoms with Crippen LogP contribution < -0.4 is 5.32 Å². The smallest absolute Gasteiger partial charge is 0.304 e. The Kier molecular flexibility index (Phi) is 2.86. The van der Waals surface area contributed by atoms with Crippen LogP contribution in [0.4, 0.5) is 5.69 Å². The Labute approximate surface area is 95.5 Å². The molecule has 0 spiro atoms. The molecule has 2 rings (SSSR count). The van der Waals surface area contributed by atoms with Gasteiger partial charge in [0.15, 0.2) is 0 Å². The molecule has 0 fully saturated rings. The summed E-state index contributed by atoms with van der Waals surface area (Å²) in [7, 11) is 0. The standard InChI is InChI=1S/C13H17NO2/c1-8(2)10-4-3-5-11-9(6-12(15)16)7-14-13(10)11/h3-5,8-9,14H,6-7H2,1-2H3,(H,15,16). The lowest BCUT2D eigenvalue weighted by Crippen LogP contribution is -2.07. The van der Waals surface area contributed by atoms with Crippen molar-refractivity contribution in [3.8, 4) is 0 Å². The number of nitrogens with one attached hydrogen (secondary N) is 1. The molecule has 3 nitrogen and oxygen atoms in total. The summed E-state index contributed by atoms with van der Waals surface area (Å²) in [5.74, 6) is -0.146. The van der Waals surface area contributed by atoms with Gasteiger partial charge in [0.1, 0.15) is 0 Å². The first-order valence-electron chi connectivity index (χ1n) is 5.68. The molecule has 1 aliphatic rings. The Balaban J connectivity index is 2.34. The molecule has 0 radical (unpaired) electrons. The summed E-state index contributed by atoms with van der Waals surface area (Å²) in [6.45, 7) is 5.05. The number of anilines is 1. The summed E-state index contributed by atoms with van der Waals surface area (Å²) in [6.07, 6.45) is 0.210. The summed E-state index contributed by atoms with van der Waals surface area (Å²) in [5.41, 5.74) is 3.60. The first-order chi connectivity index (χ1) is 7.59. The van der Waals surface area contributed by atoms with Gasteiger partial charge in [-0.1, -0.05) is 32.0 Å². The molecule has 2 N–H and O–H groups in total. The number of carbonyl (C=O) groups is 1. The topological polar surface area (TPSA) is 49.3 Å². The number of hydrogen-bond donors (Lipinski definition) is 2. The highest BCUT2D eigenvalue weighted by Gasteiger charge is 2.26. The second kappa shape index (κ2) is 4.16. The number of fused-ring (bicyclic) bond motifs is 1. The molecule has 16 heavy (non-hydrogen) atoms. The number of benzene rings is 1. The van der Waals surface area contributed by atoms with E-state index in [9.17, 15) is 4.79 Å². The van der Waals surface area contributed by atoms with Gasteiger partial charge in [0, 0.05) is 18.2 Å². The minimum atomic E-state index is -0.727. The van der Waals surface area contributed by atoms with Gasteiger partial charge in [-0.2, -0.15) is 0 Å². The maximum atomic E-state index is 10.8. The average molecular weight is 219 g/mol. The molecular formula is C13H17NO2. The molecule has 0 bridgehead atoms. The second-order valence-corrected chi connectivity index (χ2v) is 4.64. The van der Waals surface area contributed by atoms with Gasteiger partial charge in [-0.3, -0.25) is 4.79 Å². The van der Waals surface area contributed by atoms with Crippen molar-refractivity contribution in [3.05, 3.63) is 29.3 Å². The van der Waals surface area contributed by atoms with Crippen LogP contribution in [-0.4, -0.2) is 17.6 Å². The fraction of sp³-hybridized carbons (Fsp3) is 0.462. The van der Waals surface area contributed by atoms with E-state index in [4.69, 9.17) is 5.11 Å². The minimum absolute atomic E-state index is 0.117. The van der Waals surface area contributed by atoms with Crippen molar-refractivity contribution >= 4 is 11.7 Å². The highest BCUT2D eigenvalue weighted by Crippen LogP contribution is 2.38. The number of carboxylic acids is 1. The van der Waals surface area contributed by atoms with Crippen molar-refractivity contribution < 1.29 is 9.90 Å². The zero-order valence-corrected chi connectivity index (χ0v) is 9.66. The van der Waals surface area contributed by atoms with E-state index in [0.29, 0.717) is 5.92 Å². The van der Waals surface area contributed by atoms with Crippen molar-refractivity contribution in [3.63, 3.8) is 0 Å². The average Bonchev–Trinajstić information content (AvgIpc) is 2.60. The lowest BCUT2D eigenvalue weighted by molar-refractivity contribution is -0.137. The van der Waals surface area contributed by atoms with Crippen LogP contribution >= 0.6 is 0 Å². The Bertz CT molecular complexity index is 412. The van der Waals surface area contributed by atoms with Crippen molar-refractivity contribution in [2.75, 3.05) is 11.9 Å². The van der Waals surface area contributed by atoms with E-state index in [0.717, 1.165) is 17.8 Å². The van der Waals surface area contributed by atoms with E-state index in [2.05, 4.69) is 25.2 Å². The second-order valence-electron chi connectivity index (χ2n) is 4.64. The minimum Gasteiger partial charge on any atom is -0.481 e. The summed E-state index contributed by atoms with van der Waals surface area (Å²) >= 11 is 0. The maximum Gasteiger partial charge on any atom is 0.304 e. The van der Waals surface area contributed by atoms with Gasteiger partial charge in [0.2, 0.25) is 0 Å². The third-order valence-corrected chi connectivity index (χ3v) is 3.14. The maximum absolute atomic E-state index is 10.8. The molecule has 0 saturated carbocycles. The normalized spacial score (nSPS) is 18.3. The molecule has 0 aliphatic carbocycles. The van der Waals surface area contributed by atoms with Gasteiger partial charge < -0.3 is 10.4 Å². The van der Waals surface area contributed by atoms with Gasteiger partial charge in [-0.05, 0) is 17.0 Å². The summed E-state index contributed by atoms with van der Waals surface area (Å²) in [4.78, 5) is 10.8. The van der Waals surface area contributed by atoms with Crippen LogP contribution in [0.1, 0.15) is 43.2 Å². The van der Waals surface area contributed by atoms with E-state index in [1.165, 1.54) is 5.56 Å². The van der Waals surface area contributed by atoms with Crippen LogP contribution in [0, 0.1) is 0 Å². The van der Waals surface area contributed by atoms with Gasteiger partial charge >= 0.3 is 5.97 Å². The zero-order chi connectivity index (χ0) is 11.7. The van der Waals surface area contributed by atoms with Crippen LogP contribution in [0.2, 0.25) is 0 Å². The predicted octanol–water partition coefficient (Wildman–Crippen LogP) is 2.79. The largest absolute Gasteiger partial charge is 0.481 e. The Morgan fingerprint density at radius 3 is 2.94 bits per heavy atom. The monoisotopic (exact) mass is 219 g/mol. The molecule has 1 heterocycles. The van der Waals surface area contributed by atoms with Crippen LogP contribution in [0.25, 0.3) is 0 Å². The van der Waals surface area contributed by atoms with Gasteiger partial charge in [-0.25, -0.2) is 0 Å². The van der Waals surface area contributed by atoms with Gasteiger partial charge in [-0.15, -0.1) is 0 Å².